The Morgan fingerprint density at radius 2 is 2.34 bits per heavy atom. The molecule has 3 saturated heterocycles. The number of amides is 1. The molecule has 0 radical (unpaired) electrons. The minimum absolute atomic E-state index is 0.0229. The number of aromatic nitrogens is 2. The predicted molar refractivity (Wildman–Crippen MR) is 111 cm³/mol. The van der Waals surface area contributed by atoms with E-state index in [0.29, 0.717) is 24.3 Å². The van der Waals surface area contributed by atoms with E-state index in [2.05, 4.69) is 40.1 Å². The molecule has 5 rings (SSSR count). The van der Waals surface area contributed by atoms with E-state index >= 15 is 0 Å². The lowest BCUT2D eigenvalue weighted by Crippen LogP contribution is -2.41. The number of fused-ring (bicyclic) bond motifs is 1. The minimum Gasteiger partial charge on any atom is -0.370 e. The highest BCUT2D eigenvalue weighted by atomic mass is 16.5. The standard InChI is InChI=1S/C23H30N4O2/c1-15(2)16-4-3-5-17(10-16)22(28)26-11-18-19-12-27(13-21-24-8-9-25-21)14-23(19)7-6-20(18)29-23/h3-5,8-10,15,18-20H,6-7,11-14H2,1-2H3,(H,24,25)(H,26,28)/t18-,19+,20+,23+/m0/s1. The number of nitrogens with zero attached hydrogens (tertiary/aromatic N) is 2. The van der Waals surface area contributed by atoms with E-state index < -0.39 is 0 Å². The van der Waals surface area contributed by atoms with Gasteiger partial charge in [-0.3, -0.25) is 9.69 Å². The van der Waals surface area contributed by atoms with Crippen LogP contribution in [0.25, 0.3) is 0 Å². The highest BCUT2D eigenvalue weighted by Gasteiger charge is 2.62. The largest absolute Gasteiger partial charge is 0.370 e. The van der Waals surface area contributed by atoms with Gasteiger partial charge in [-0.15, -0.1) is 0 Å². The SMILES string of the molecule is CC(C)c1cccc(C(=O)NC[C@H]2[C@H]3CN(Cc4ncc[nH]4)C[C@]34CC[C@H]2O4)c1. The molecule has 3 aliphatic heterocycles. The van der Waals surface area contributed by atoms with Gasteiger partial charge < -0.3 is 15.0 Å². The van der Waals surface area contributed by atoms with E-state index in [1.807, 2.05) is 24.4 Å². The van der Waals surface area contributed by atoms with Crippen molar-refractivity contribution in [2.24, 2.45) is 11.8 Å². The minimum atomic E-state index is -0.0236. The van der Waals surface area contributed by atoms with Crippen molar-refractivity contribution < 1.29 is 9.53 Å². The molecule has 2 aromatic rings. The summed E-state index contributed by atoms with van der Waals surface area (Å²) in [7, 11) is 0. The normalized spacial score (nSPS) is 30.8. The Bertz CT molecular complexity index is 881. The Morgan fingerprint density at radius 3 is 3.14 bits per heavy atom. The molecule has 1 aromatic heterocycles. The summed E-state index contributed by atoms with van der Waals surface area (Å²) in [5.74, 6) is 2.32. The van der Waals surface area contributed by atoms with Crippen LogP contribution in [0.4, 0.5) is 0 Å². The third kappa shape index (κ3) is 3.38. The summed E-state index contributed by atoms with van der Waals surface area (Å²) in [4.78, 5) is 22.8. The zero-order valence-corrected chi connectivity index (χ0v) is 17.2. The molecule has 4 atom stereocenters. The van der Waals surface area contributed by atoms with E-state index in [1.54, 1.807) is 6.20 Å². The second-order valence-electron chi connectivity index (χ2n) is 9.23. The first-order valence-electron chi connectivity index (χ1n) is 10.8. The van der Waals surface area contributed by atoms with Crippen molar-refractivity contribution in [3.05, 3.63) is 53.6 Å². The van der Waals surface area contributed by atoms with Gasteiger partial charge >= 0.3 is 0 Å². The second kappa shape index (κ2) is 7.26. The monoisotopic (exact) mass is 394 g/mol. The summed E-state index contributed by atoms with van der Waals surface area (Å²) in [6.07, 6.45) is 6.21. The predicted octanol–water partition coefficient (Wildman–Crippen LogP) is 2.94. The maximum Gasteiger partial charge on any atom is 0.251 e. The van der Waals surface area contributed by atoms with Crippen LogP contribution in [0, 0.1) is 11.8 Å². The molecule has 3 aliphatic rings. The van der Waals surface area contributed by atoms with Gasteiger partial charge in [0.15, 0.2) is 0 Å². The summed E-state index contributed by atoms with van der Waals surface area (Å²) in [6.45, 7) is 7.81. The number of hydrogen-bond donors (Lipinski definition) is 2. The quantitative estimate of drug-likeness (QED) is 0.790. The number of rotatable bonds is 6. The molecule has 1 aromatic carbocycles. The summed E-state index contributed by atoms with van der Waals surface area (Å²) in [5.41, 5.74) is 1.93. The van der Waals surface area contributed by atoms with E-state index in [0.717, 1.165) is 43.9 Å². The van der Waals surface area contributed by atoms with Crippen molar-refractivity contribution in [1.82, 2.24) is 20.2 Å². The van der Waals surface area contributed by atoms with Gasteiger partial charge in [-0.25, -0.2) is 4.98 Å². The van der Waals surface area contributed by atoms with Crippen LogP contribution >= 0.6 is 0 Å². The topological polar surface area (TPSA) is 70.2 Å². The molecular formula is C23H30N4O2. The Hall–Kier alpha value is -2.18. The number of H-pyrrole nitrogens is 1. The third-order valence-electron chi connectivity index (χ3n) is 7.10. The summed E-state index contributed by atoms with van der Waals surface area (Å²) >= 11 is 0. The van der Waals surface area contributed by atoms with E-state index in [4.69, 9.17) is 4.74 Å². The number of imidazole rings is 1. The molecule has 3 fully saturated rings. The van der Waals surface area contributed by atoms with Crippen LogP contribution in [0.15, 0.2) is 36.7 Å². The van der Waals surface area contributed by atoms with Crippen molar-refractivity contribution >= 4 is 5.91 Å². The second-order valence-corrected chi connectivity index (χ2v) is 9.23. The smallest absolute Gasteiger partial charge is 0.251 e. The van der Waals surface area contributed by atoms with Crippen LogP contribution in [-0.4, -0.2) is 52.1 Å². The van der Waals surface area contributed by atoms with Crippen LogP contribution in [-0.2, 0) is 11.3 Å². The van der Waals surface area contributed by atoms with Crippen molar-refractivity contribution in [2.45, 2.75) is 50.9 Å². The average Bonchev–Trinajstić information content (AvgIpc) is 3.48. The molecule has 29 heavy (non-hydrogen) atoms. The molecule has 0 saturated carbocycles. The van der Waals surface area contributed by atoms with Gasteiger partial charge in [0.2, 0.25) is 0 Å². The van der Waals surface area contributed by atoms with E-state index in [-0.39, 0.29) is 17.6 Å². The van der Waals surface area contributed by atoms with Gasteiger partial charge in [-0.1, -0.05) is 26.0 Å². The number of hydrogen-bond acceptors (Lipinski definition) is 4. The van der Waals surface area contributed by atoms with Crippen LogP contribution in [0.2, 0.25) is 0 Å². The lowest BCUT2D eigenvalue weighted by Gasteiger charge is -2.29. The molecule has 2 bridgehead atoms. The molecule has 6 heteroatoms. The van der Waals surface area contributed by atoms with E-state index in [9.17, 15) is 4.79 Å². The number of nitrogens with one attached hydrogen (secondary N) is 2. The van der Waals surface area contributed by atoms with Crippen LogP contribution in [0.1, 0.15) is 54.4 Å². The van der Waals surface area contributed by atoms with Gasteiger partial charge in [0.05, 0.1) is 18.2 Å². The fraction of sp³-hybridized carbons (Fsp3) is 0.565. The van der Waals surface area contributed by atoms with Crippen LogP contribution < -0.4 is 5.32 Å². The fourth-order valence-electron chi connectivity index (χ4n) is 5.63. The lowest BCUT2D eigenvalue weighted by molar-refractivity contribution is 0.00196. The first-order chi connectivity index (χ1) is 14.0. The number of benzene rings is 1. The number of aromatic amines is 1. The first-order valence-corrected chi connectivity index (χ1v) is 10.8. The zero-order chi connectivity index (χ0) is 20.0. The third-order valence-corrected chi connectivity index (χ3v) is 7.10. The Morgan fingerprint density at radius 1 is 1.45 bits per heavy atom. The molecule has 1 spiro atoms. The molecule has 6 nitrogen and oxygen atoms in total. The van der Waals surface area contributed by atoms with E-state index in [1.165, 1.54) is 5.56 Å². The number of carbonyl (C=O) groups is 1. The molecule has 0 aliphatic carbocycles. The first kappa shape index (κ1) is 18.8. The molecule has 1 amide bonds. The van der Waals surface area contributed by atoms with Crippen molar-refractivity contribution in [3.63, 3.8) is 0 Å². The highest BCUT2D eigenvalue weighted by molar-refractivity contribution is 5.94. The van der Waals surface area contributed by atoms with Crippen LogP contribution in [0.5, 0.6) is 0 Å². The average molecular weight is 395 g/mol. The lowest BCUT2D eigenvalue weighted by atomic mass is 9.73. The van der Waals surface area contributed by atoms with Gasteiger partial charge in [0, 0.05) is 49.4 Å². The van der Waals surface area contributed by atoms with Crippen molar-refractivity contribution in [1.29, 1.82) is 0 Å². The summed E-state index contributed by atoms with van der Waals surface area (Å²) < 4.78 is 6.51. The molecule has 154 valence electrons. The Kier molecular flexibility index (Phi) is 4.71. The van der Waals surface area contributed by atoms with Gasteiger partial charge in [0.1, 0.15) is 5.82 Å². The molecule has 4 heterocycles. The Balaban J connectivity index is 1.24. The highest BCUT2D eigenvalue weighted by Crippen LogP contribution is 2.54. The summed E-state index contributed by atoms with van der Waals surface area (Å²) in [5, 5.41) is 3.21. The molecular weight excluding hydrogens is 364 g/mol. The number of ether oxygens (including phenoxy) is 1. The Labute approximate surface area is 172 Å². The maximum atomic E-state index is 12.8. The number of likely N-dealkylation sites (tertiary alicyclic amines) is 1. The maximum absolute atomic E-state index is 12.8. The molecule has 0 unspecified atom stereocenters. The zero-order valence-electron chi connectivity index (χ0n) is 17.2. The van der Waals surface area contributed by atoms with Crippen molar-refractivity contribution in [3.8, 4) is 0 Å². The van der Waals surface area contributed by atoms with Crippen molar-refractivity contribution in [2.75, 3.05) is 19.6 Å². The number of carbonyl (C=O) groups excluding carboxylic acids is 1. The fourth-order valence-corrected chi connectivity index (χ4v) is 5.63. The van der Waals surface area contributed by atoms with Gasteiger partial charge in [-0.05, 0) is 36.5 Å². The van der Waals surface area contributed by atoms with Gasteiger partial charge in [-0.2, -0.15) is 0 Å². The van der Waals surface area contributed by atoms with Crippen LogP contribution in [0.3, 0.4) is 0 Å². The van der Waals surface area contributed by atoms with Gasteiger partial charge in [0.25, 0.3) is 5.91 Å². The summed E-state index contributed by atoms with van der Waals surface area (Å²) in [6, 6.07) is 7.98. The molecule has 2 N–H and O–H groups in total.